The molecule has 0 aliphatic heterocycles. The second kappa shape index (κ2) is 6.59. The summed E-state index contributed by atoms with van der Waals surface area (Å²) in [5.41, 5.74) is 0.502. The van der Waals surface area contributed by atoms with Crippen molar-refractivity contribution in [3.8, 4) is 0 Å². The lowest BCUT2D eigenvalue weighted by atomic mass is 10.0. The lowest BCUT2D eigenvalue weighted by molar-refractivity contribution is -0.173. The molecule has 1 rings (SSSR count). The maximum atomic E-state index is 11.7. The molecular weight excluding hydrogens is 231 g/mol. The zero-order valence-electron chi connectivity index (χ0n) is 10.4. The van der Waals surface area contributed by atoms with Gasteiger partial charge in [-0.2, -0.15) is 13.2 Å². The standard InChI is InChI=1S/C12H22F3NO/c1-2-4-11(5-6-11)9-16-7-3-8-17-10-12(13,14)15/h16H,2-10H2,1H3. The van der Waals surface area contributed by atoms with Gasteiger partial charge in [0.2, 0.25) is 0 Å². The van der Waals surface area contributed by atoms with Gasteiger partial charge in [0.25, 0.3) is 0 Å². The maximum Gasteiger partial charge on any atom is 0.411 e. The average molecular weight is 253 g/mol. The van der Waals surface area contributed by atoms with Gasteiger partial charge in [0.15, 0.2) is 0 Å². The normalized spacial score (nSPS) is 18.4. The van der Waals surface area contributed by atoms with E-state index >= 15 is 0 Å². The van der Waals surface area contributed by atoms with Crippen molar-refractivity contribution in [2.45, 2.75) is 45.2 Å². The molecule has 0 saturated heterocycles. The largest absolute Gasteiger partial charge is 0.411 e. The number of nitrogens with one attached hydrogen (secondary N) is 1. The highest BCUT2D eigenvalue weighted by Gasteiger charge is 2.40. The molecule has 1 fully saturated rings. The van der Waals surface area contributed by atoms with Gasteiger partial charge in [0, 0.05) is 13.2 Å². The molecule has 1 saturated carbocycles. The van der Waals surface area contributed by atoms with E-state index in [1.807, 2.05) is 0 Å². The monoisotopic (exact) mass is 253 g/mol. The van der Waals surface area contributed by atoms with Crippen molar-refractivity contribution in [3.05, 3.63) is 0 Å². The average Bonchev–Trinajstić information content (AvgIpc) is 2.96. The molecule has 0 atom stereocenters. The van der Waals surface area contributed by atoms with Crippen LogP contribution in [0.4, 0.5) is 13.2 Å². The van der Waals surface area contributed by atoms with Crippen LogP contribution in [0.1, 0.15) is 39.0 Å². The van der Waals surface area contributed by atoms with Gasteiger partial charge in [-0.15, -0.1) is 0 Å². The molecule has 0 spiro atoms. The fourth-order valence-corrected chi connectivity index (χ4v) is 2.06. The third-order valence-electron chi connectivity index (χ3n) is 3.15. The topological polar surface area (TPSA) is 21.3 Å². The summed E-state index contributed by atoms with van der Waals surface area (Å²) in [6, 6.07) is 0. The molecule has 5 heteroatoms. The SMILES string of the molecule is CCCC1(CNCCCOCC(F)(F)F)CC1. The Bertz CT molecular complexity index is 214. The molecule has 0 aromatic carbocycles. The van der Waals surface area contributed by atoms with Gasteiger partial charge in [-0.25, -0.2) is 0 Å². The fraction of sp³-hybridized carbons (Fsp3) is 1.00. The van der Waals surface area contributed by atoms with Crippen molar-refractivity contribution in [2.75, 3.05) is 26.3 Å². The van der Waals surface area contributed by atoms with Gasteiger partial charge >= 0.3 is 6.18 Å². The van der Waals surface area contributed by atoms with E-state index in [-0.39, 0.29) is 6.61 Å². The van der Waals surface area contributed by atoms with Crippen LogP contribution in [0.15, 0.2) is 0 Å². The highest BCUT2D eigenvalue weighted by Crippen LogP contribution is 2.48. The first-order chi connectivity index (χ1) is 7.97. The van der Waals surface area contributed by atoms with Crippen LogP contribution in [-0.4, -0.2) is 32.5 Å². The smallest absolute Gasteiger partial charge is 0.372 e. The van der Waals surface area contributed by atoms with Crippen LogP contribution in [0.3, 0.4) is 0 Å². The maximum absolute atomic E-state index is 11.7. The summed E-state index contributed by atoms with van der Waals surface area (Å²) in [6.45, 7) is 2.97. The Kier molecular flexibility index (Phi) is 5.73. The first-order valence-electron chi connectivity index (χ1n) is 6.33. The predicted octanol–water partition coefficient (Wildman–Crippen LogP) is 3.13. The van der Waals surface area contributed by atoms with Crippen LogP contribution in [0.5, 0.6) is 0 Å². The van der Waals surface area contributed by atoms with Crippen molar-refractivity contribution in [1.29, 1.82) is 0 Å². The van der Waals surface area contributed by atoms with Crippen molar-refractivity contribution in [1.82, 2.24) is 5.32 Å². The fourth-order valence-electron chi connectivity index (χ4n) is 2.06. The van der Waals surface area contributed by atoms with Crippen molar-refractivity contribution in [2.24, 2.45) is 5.41 Å². The molecule has 0 radical (unpaired) electrons. The number of halogens is 3. The van der Waals surface area contributed by atoms with Gasteiger partial charge in [-0.1, -0.05) is 13.3 Å². The minimum absolute atomic E-state index is 0.174. The Morgan fingerprint density at radius 2 is 2.00 bits per heavy atom. The van der Waals surface area contributed by atoms with Crippen molar-refractivity contribution in [3.63, 3.8) is 0 Å². The molecule has 1 aliphatic carbocycles. The third-order valence-corrected chi connectivity index (χ3v) is 3.15. The Labute approximate surface area is 101 Å². The Hall–Kier alpha value is -0.290. The minimum atomic E-state index is -4.20. The van der Waals surface area contributed by atoms with Gasteiger partial charge in [-0.3, -0.25) is 0 Å². The predicted molar refractivity (Wildman–Crippen MR) is 60.9 cm³/mol. The third kappa shape index (κ3) is 6.88. The summed E-state index contributed by atoms with van der Waals surface area (Å²) in [4.78, 5) is 0. The van der Waals surface area contributed by atoms with Gasteiger partial charge in [-0.05, 0) is 37.6 Å². The quantitative estimate of drug-likeness (QED) is 0.637. The summed E-state index contributed by atoms with van der Waals surface area (Å²) < 4.78 is 39.7. The van der Waals surface area contributed by atoms with Gasteiger partial charge in [0.1, 0.15) is 6.61 Å². The highest BCUT2D eigenvalue weighted by molar-refractivity contribution is 4.94. The van der Waals surface area contributed by atoms with E-state index in [0.717, 1.165) is 13.1 Å². The zero-order chi connectivity index (χ0) is 12.8. The van der Waals surface area contributed by atoms with E-state index < -0.39 is 12.8 Å². The summed E-state index contributed by atoms with van der Waals surface area (Å²) in [7, 11) is 0. The summed E-state index contributed by atoms with van der Waals surface area (Å²) in [5.74, 6) is 0. The number of alkyl halides is 3. The molecule has 102 valence electrons. The molecule has 0 aromatic rings. The number of rotatable bonds is 9. The first kappa shape index (κ1) is 14.8. The summed E-state index contributed by atoms with van der Waals surface area (Å²) in [5, 5.41) is 3.31. The van der Waals surface area contributed by atoms with Crippen LogP contribution in [0.2, 0.25) is 0 Å². The van der Waals surface area contributed by atoms with E-state index in [0.29, 0.717) is 11.8 Å². The second-order valence-corrected chi connectivity index (χ2v) is 4.95. The molecule has 1 aliphatic rings. The zero-order valence-corrected chi connectivity index (χ0v) is 10.4. The molecular formula is C12H22F3NO. The van der Waals surface area contributed by atoms with Crippen molar-refractivity contribution < 1.29 is 17.9 Å². The van der Waals surface area contributed by atoms with E-state index in [1.165, 1.54) is 25.7 Å². The minimum Gasteiger partial charge on any atom is -0.372 e. The van der Waals surface area contributed by atoms with Gasteiger partial charge < -0.3 is 10.1 Å². The molecule has 0 bridgehead atoms. The van der Waals surface area contributed by atoms with E-state index in [1.54, 1.807) is 0 Å². The Morgan fingerprint density at radius 3 is 2.53 bits per heavy atom. The molecule has 0 unspecified atom stereocenters. The number of hydrogen-bond donors (Lipinski definition) is 1. The Morgan fingerprint density at radius 1 is 1.29 bits per heavy atom. The lowest BCUT2D eigenvalue weighted by Gasteiger charge is -2.14. The molecule has 0 heterocycles. The molecule has 1 N–H and O–H groups in total. The first-order valence-corrected chi connectivity index (χ1v) is 6.33. The summed E-state index contributed by atoms with van der Waals surface area (Å²) >= 11 is 0. The van der Waals surface area contributed by atoms with E-state index in [4.69, 9.17) is 0 Å². The molecule has 0 amide bonds. The van der Waals surface area contributed by atoms with Crippen molar-refractivity contribution >= 4 is 0 Å². The highest BCUT2D eigenvalue weighted by atomic mass is 19.4. The van der Waals surface area contributed by atoms with Crippen LogP contribution < -0.4 is 5.32 Å². The van der Waals surface area contributed by atoms with Crippen LogP contribution in [-0.2, 0) is 4.74 Å². The molecule has 2 nitrogen and oxygen atoms in total. The van der Waals surface area contributed by atoms with Crippen LogP contribution >= 0.6 is 0 Å². The van der Waals surface area contributed by atoms with Gasteiger partial charge in [0.05, 0.1) is 0 Å². The second-order valence-electron chi connectivity index (χ2n) is 4.95. The number of ether oxygens (including phenoxy) is 1. The molecule has 17 heavy (non-hydrogen) atoms. The number of hydrogen-bond acceptors (Lipinski definition) is 2. The Balaban J connectivity index is 1.88. The van der Waals surface area contributed by atoms with Crippen LogP contribution in [0, 0.1) is 5.41 Å². The summed E-state index contributed by atoms with van der Waals surface area (Å²) in [6.07, 6.45) is 1.47. The lowest BCUT2D eigenvalue weighted by Crippen LogP contribution is -2.26. The van der Waals surface area contributed by atoms with E-state index in [9.17, 15) is 13.2 Å². The van der Waals surface area contributed by atoms with E-state index in [2.05, 4.69) is 17.0 Å². The van der Waals surface area contributed by atoms with Crippen LogP contribution in [0.25, 0.3) is 0 Å². The molecule has 0 aromatic heterocycles.